The maximum Gasteiger partial charge on any atom is 0.338 e. The minimum absolute atomic E-state index is 0.0601. The van der Waals surface area contributed by atoms with Crippen LogP contribution in [0.2, 0.25) is 0 Å². The van der Waals surface area contributed by atoms with Gasteiger partial charge in [0.25, 0.3) is 0 Å². The average molecular weight is 497 g/mol. The zero-order valence-corrected chi connectivity index (χ0v) is 18.9. The number of carbonyl (C=O) groups is 2. The highest BCUT2D eigenvalue weighted by atomic mass is 79.9. The lowest BCUT2D eigenvalue weighted by Crippen LogP contribution is -2.09. The molecule has 5 aromatic rings. The summed E-state index contributed by atoms with van der Waals surface area (Å²) in [6.07, 6.45) is 1.50. The molecule has 2 aromatic carbocycles. The van der Waals surface area contributed by atoms with Crippen molar-refractivity contribution in [2.45, 2.75) is 0 Å². The second kappa shape index (κ2) is 8.48. The second-order valence-corrected chi connectivity index (χ2v) is 8.32. The first-order chi connectivity index (χ1) is 16.0. The maximum atomic E-state index is 13.3. The molecule has 0 radical (unpaired) electrons. The third-order valence-electron chi connectivity index (χ3n) is 5.50. The predicted molar refractivity (Wildman–Crippen MR) is 131 cm³/mol. The van der Waals surface area contributed by atoms with E-state index in [-0.39, 0.29) is 16.8 Å². The van der Waals surface area contributed by atoms with Crippen LogP contribution in [0, 0.1) is 0 Å². The molecular weight excluding hydrogens is 480 g/mol. The molecule has 0 spiro atoms. The Kier molecular flexibility index (Phi) is 5.36. The molecule has 5 nitrogen and oxygen atoms in total. The van der Waals surface area contributed by atoms with Gasteiger partial charge in [0, 0.05) is 6.20 Å². The summed E-state index contributed by atoms with van der Waals surface area (Å²) in [4.78, 5) is 29.6. The Morgan fingerprint density at radius 1 is 0.758 bits per heavy atom. The first kappa shape index (κ1) is 20.8. The van der Waals surface area contributed by atoms with E-state index in [0.717, 1.165) is 22.4 Å². The van der Waals surface area contributed by atoms with Crippen LogP contribution in [0.1, 0.15) is 26.4 Å². The quantitative estimate of drug-likeness (QED) is 0.227. The molecular formula is C27H17BrN2O3. The van der Waals surface area contributed by atoms with E-state index in [2.05, 4.69) is 33.0 Å². The highest BCUT2D eigenvalue weighted by Gasteiger charge is 2.25. The first-order valence-corrected chi connectivity index (χ1v) is 11.0. The Balaban J connectivity index is 1.64. The molecule has 0 unspecified atom stereocenters. The van der Waals surface area contributed by atoms with E-state index < -0.39 is 11.8 Å². The van der Waals surface area contributed by atoms with Gasteiger partial charge >= 0.3 is 5.97 Å². The maximum absolute atomic E-state index is 13.3. The SMILES string of the molecule is O=C(O)c1cn2c(-c3ccc(-c4ccccc4)cc3)cccc2c1C(=O)c1cccc(Br)n1. The largest absolute Gasteiger partial charge is 0.478 e. The molecule has 0 saturated heterocycles. The van der Waals surface area contributed by atoms with Crippen molar-refractivity contribution in [1.82, 2.24) is 9.38 Å². The molecule has 1 N–H and O–H groups in total. The monoisotopic (exact) mass is 496 g/mol. The number of carboxylic acids is 1. The van der Waals surface area contributed by atoms with Crippen molar-refractivity contribution >= 4 is 33.2 Å². The van der Waals surface area contributed by atoms with E-state index in [4.69, 9.17) is 0 Å². The molecule has 0 amide bonds. The fraction of sp³-hybridized carbons (Fsp3) is 0. The van der Waals surface area contributed by atoms with Gasteiger partial charge in [0.2, 0.25) is 5.78 Å². The summed E-state index contributed by atoms with van der Waals surface area (Å²) in [5, 5.41) is 9.85. The number of rotatable bonds is 5. The lowest BCUT2D eigenvalue weighted by molar-refractivity contribution is 0.0693. The normalized spacial score (nSPS) is 10.9. The van der Waals surface area contributed by atoms with Gasteiger partial charge in [-0.05, 0) is 56.9 Å². The molecule has 0 saturated carbocycles. The summed E-state index contributed by atoms with van der Waals surface area (Å²) in [7, 11) is 0. The zero-order valence-electron chi connectivity index (χ0n) is 17.3. The van der Waals surface area contributed by atoms with Crippen molar-refractivity contribution < 1.29 is 14.7 Å². The number of carbonyl (C=O) groups excluding carboxylic acids is 1. The van der Waals surface area contributed by atoms with Crippen molar-refractivity contribution in [3.05, 3.63) is 119 Å². The number of fused-ring (bicyclic) bond motifs is 1. The van der Waals surface area contributed by atoms with Crippen LogP contribution in [-0.4, -0.2) is 26.2 Å². The number of hydrogen-bond donors (Lipinski definition) is 1. The molecule has 0 aliphatic heterocycles. The van der Waals surface area contributed by atoms with Crippen LogP contribution in [0.4, 0.5) is 0 Å². The van der Waals surface area contributed by atoms with Crippen LogP contribution in [0.3, 0.4) is 0 Å². The predicted octanol–water partition coefficient (Wildman–Crippen LogP) is 6.36. The van der Waals surface area contributed by atoms with E-state index >= 15 is 0 Å². The van der Waals surface area contributed by atoms with E-state index in [1.54, 1.807) is 28.7 Å². The third-order valence-corrected chi connectivity index (χ3v) is 5.95. The van der Waals surface area contributed by atoms with Gasteiger partial charge in [-0.3, -0.25) is 4.79 Å². The lowest BCUT2D eigenvalue weighted by Gasteiger charge is -2.09. The number of aromatic nitrogens is 2. The van der Waals surface area contributed by atoms with E-state index in [9.17, 15) is 14.7 Å². The minimum Gasteiger partial charge on any atom is -0.478 e. The molecule has 3 heterocycles. The Hall–Kier alpha value is -4.03. The first-order valence-electron chi connectivity index (χ1n) is 10.2. The molecule has 0 bridgehead atoms. The van der Waals surface area contributed by atoms with Crippen molar-refractivity contribution in [3.8, 4) is 22.4 Å². The van der Waals surface area contributed by atoms with Crippen LogP contribution in [-0.2, 0) is 0 Å². The van der Waals surface area contributed by atoms with E-state index in [1.165, 1.54) is 6.20 Å². The molecule has 0 fully saturated rings. The number of carboxylic acid groups (broad SMARTS) is 1. The van der Waals surface area contributed by atoms with Crippen LogP contribution in [0.5, 0.6) is 0 Å². The topological polar surface area (TPSA) is 71.7 Å². The number of hydrogen-bond acceptors (Lipinski definition) is 3. The Morgan fingerprint density at radius 3 is 2.12 bits per heavy atom. The second-order valence-electron chi connectivity index (χ2n) is 7.51. The van der Waals surface area contributed by atoms with Crippen molar-refractivity contribution in [2.24, 2.45) is 0 Å². The van der Waals surface area contributed by atoms with Gasteiger partial charge in [-0.2, -0.15) is 0 Å². The molecule has 0 aliphatic rings. The van der Waals surface area contributed by atoms with Crippen LogP contribution in [0.25, 0.3) is 27.9 Å². The Labute approximate surface area is 198 Å². The number of aromatic carboxylic acids is 1. The number of pyridine rings is 2. The minimum atomic E-state index is -1.16. The number of nitrogens with zero attached hydrogens (tertiary/aromatic N) is 2. The molecule has 5 rings (SSSR count). The molecule has 0 atom stereocenters. The highest BCUT2D eigenvalue weighted by molar-refractivity contribution is 9.10. The summed E-state index contributed by atoms with van der Waals surface area (Å²) < 4.78 is 2.26. The number of halogens is 1. The van der Waals surface area contributed by atoms with Crippen molar-refractivity contribution in [2.75, 3.05) is 0 Å². The molecule has 6 heteroatoms. The molecule has 33 heavy (non-hydrogen) atoms. The average Bonchev–Trinajstić information content (AvgIpc) is 3.24. The Morgan fingerprint density at radius 2 is 1.42 bits per heavy atom. The third kappa shape index (κ3) is 3.85. The zero-order chi connectivity index (χ0) is 22.9. The van der Waals surface area contributed by atoms with Crippen molar-refractivity contribution in [3.63, 3.8) is 0 Å². The summed E-state index contributed by atoms with van der Waals surface area (Å²) in [5.74, 6) is -1.60. The van der Waals surface area contributed by atoms with Gasteiger partial charge in [-0.1, -0.05) is 66.7 Å². The number of benzene rings is 2. The fourth-order valence-electron chi connectivity index (χ4n) is 3.96. The van der Waals surface area contributed by atoms with Gasteiger partial charge < -0.3 is 9.51 Å². The summed E-state index contributed by atoms with van der Waals surface area (Å²) in [5.41, 5.74) is 4.66. The smallest absolute Gasteiger partial charge is 0.338 e. The standard InChI is InChI=1S/C27H17BrN2O3/c28-24-11-4-8-21(29-24)26(31)25-20(27(32)33)16-30-22(9-5-10-23(25)30)19-14-12-18(13-15-19)17-6-2-1-3-7-17/h1-16H,(H,32,33). The summed E-state index contributed by atoms with van der Waals surface area (Å²) >= 11 is 3.27. The summed E-state index contributed by atoms with van der Waals surface area (Å²) in [6.45, 7) is 0. The summed E-state index contributed by atoms with van der Waals surface area (Å²) in [6, 6.07) is 28.6. The van der Waals surface area contributed by atoms with Crippen molar-refractivity contribution in [1.29, 1.82) is 0 Å². The van der Waals surface area contributed by atoms with Crippen LogP contribution in [0.15, 0.2) is 102 Å². The van der Waals surface area contributed by atoms with E-state index in [0.29, 0.717) is 10.1 Å². The van der Waals surface area contributed by atoms with Gasteiger partial charge in [-0.25, -0.2) is 9.78 Å². The lowest BCUT2D eigenvalue weighted by atomic mass is 10.0. The van der Waals surface area contributed by atoms with Gasteiger partial charge in [0.15, 0.2) is 0 Å². The van der Waals surface area contributed by atoms with Gasteiger partial charge in [0.1, 0.15) is 10.3 Å². The Bertz CT molecular complexity index is 1510. The van der Waals surface area contributed by atoms with Crippen LogP contribution < -0.4 is 0 Å². The van der Waals surface area contributed by atoms with Crippen LogP contribution >= 0.6 is 15.9 Å². The van der Waals surface area contributed by atoms with E-state index in [1.807, 2.05) is 54.6 Å². The number of ketones is 1. The molecule has 0 aliphatic carbocycles. The fourth-order valence-corrected chi connectivity index (χ4v) is 4.30. The molecule has 160 valence electrons. The van der Waals surface area contributed by atoms with Gasteiger partial charge in [0.05, 0.1) is 22.3 Å². The van der Waals surface area contributed by atoms with Gasteiger partial charge in [-0.15, -0.1) is 0 Å². The highest BCUT2D eigenvalue weighted by Crippen LogP contribution is 2.30. The molecule has 3 aromatic heterocycles.